The van der Waals surface area contributed by atoms with Gasteiger partial charge in [0.15, 0.2) is 0 Å². The molecule has 1 fully saturated rings. The lowest BCUT2D eigenvalue weighted by Crippen LogP contribution is -2.35. The summed E-state index contributed by atoms with van der Waals surface area (Å²) in [7, 11) is 0. The molecule has 0 spiro atoms. The van der Waals surface area contributed by atoms with Gasteiger partial charge < -0.3 is 5.32 Å². The monoisotopic (exact) mass is 242 g/mol. The van der Waals surface area contributed by atoms with E-state index in [2.05, 4.69) is 32.2 Å². The van der Waals surface area contributed by atoms with E-state index in [0.29, 0.717) is 12.0 Å². The summed E-state index contributed by atoms with van der Waals surface area (Å²) in [6, 6.07) is 8.65. The number of nitrogens with one attached hydrogen (secondary N) is 1. The molecule has 96 valence electrons. The molecular weight excluding hydrogens is 220 g/mol. The van der Waals surface area contributed by atoms with Gasteiger partial charge in [0.1, 0.15) is 0 Å². The van der Waals surface area contributed by atoms with Crippen LogP contribution in [0.2, 0.25) is 0 Å². The van der Waals surface area contributed by atoms with Gasteiger partial charge in [-0.05, 0) is 48.9 Å². The average Bonchev–Trinajstić information content (AvgIpc) is 2.37. The van der Waals surface area contributed by atoms with Crippen LogP contribution < -0.4 is 5.32 Å². The minimum absolute atomic E-state index is 0.570. The molecule has 0 saturated heterocycles. The SMILES string of the molecule is Cc1cc(C#N)ccc1NC1CCCC(C)C1C. The Morgan fingerprint density at radius 3 is 2.72 bits per heavy atom. The van der Waals surface area contributed by atoms with E-state index in [0.717, 1.165) is 11.5 Å². The van der Waals surface area contributed by atoms with Crippen LogP contribution in [0, 0.1) is 30.1 Å². The maximum Gasteiger partial charge on any atom is 0.0991 e. The van der Waals surface area contributed by atoms with Crippen molar-refractivity contribution in [3.05, 3.63) is 29.3 Å². The molecule has 1 aliphatic carbocycles. The highest BCUT2D eigenvalue weighted by Gasteiger charge is 2.26. The van der Waals surface area contributed by atoms with E-state index in [1.807, 2.05) is 18.2 Å². The van der Waals surface area contributed by atoms with E-state index in [1.165, 1.54) is 30.5 Å². The van der Waals surface area contributed by atoms with Crippen LogP contribution in [-0.2, 0) is 0 Å². The number of rotatable bonds is 2. The Bertz CT molecular complexity index is 459. The number of nitrogens with zero attached hydrogens (tertiary/aromatic N) is 1. The molecule has 18 heavy (non-hydrogen) atoms. The number of hydrogen-bond donors (Lipinski definition) is 1. The number of hydrogen-bond acceptors (Lipinski definition) is 2. The predicted octanol–water partition coefficient (Wildman–Crippen LogP) is 4.10. The fraction of sp³-hybridized carbons (Fsp3) is 0.562. The first-order chi connectivity index (χ1) is 8.61. The zero-order valence-corrected chi connectivity index (χ0v) is 11.5. The van der Waals surface area contributed by atoms with E-state index in [1.54, 1.807) is 0 Å². The predicted molar refractivity (Wildman–Crippen MR) is 75.5 cm³/mol. The second kappa shape index (κ2) is 5.44. The molecular formula is C16H22N2. The molecule has 2 nitrogen and oxygen atoms in total. The highest BCUT2D eigenvalue weighted by atomic mass is 14.9. The van der Waals surface area contributed by atoms with E-state index in [-0.39, 0.29) is 0 Å². The molecule has 3 unspecified atom stereocenters. The number of aryl methyl sites for hydroxylation is 1. The molecule has 3 atom stereocenters. The van der Waals surface area contributed by atoms with Crippen LogP contribution in [0.4, 0.5) is 5.69 Å². The van der Waals surface area contributed by atoms with Crippen molar-refractivity contribution in [2.75, 3.05) is 5.32 Å². The topological polar surface area (TPSA) is 35.8 Å². The zero-order valence-electron chi connectivity index (χ0n) is 11.5. The molecule has 1 aromatic carbocycles. The average molecular weight is 242 g/mol. The maximum atomic E-state index is 8.88. The molecule has 0 heterocycles. The lowest BCUT2D eigenvalue weighted by atomic mass is 9.78. The molecule has 2 heteroatoms. The van der Waals surface area contributed by atoms with Crippen molar-refractivity contribution in [1.29, 1.82) is 5.26 Å². The van der Waals surface area contributed by atoms with Crippen molar-refractivity contribution in [2.45, 2.75) is 46.1 Å². The Kier molecular flexibility index (Phi) is 3.91. The first-order valence-electron chi connectivity index (χ1n) is 6.89. The second-order valence-electron chi connectivity index (χ2n) is 5.66. The van der Waals surface area contributed by atoms with Gasteiger partial charge in [0.05, 0.1) is 11.6 Å². The third kappa shape index (κ3) is 2.67. The molecule has 0 amide bonds. The molecule has 1 aromatic rings. The molecule has 0 aliphatic heterocycles. The highest BCUT2D eigenvalue weighted by Crippen LogP contribution is 2.32. The fourth-order valence-electron chi connectivity index (χ4n) is 2.88. The van der Waals surface area contributed by atoms with E-state index in [4.69, 9.17) is 5.26 Å². The van der Waals surface area contributed by atoms with Crippen LogP contribution in [0.5, 0.6) is 0 Å². The van der Waals surface area contributed by atoms with Gasteiger partial charge in [-0.25, -0.2) is 0 Å². The minimum Gasteiger partial charge on any atom is -0.382 e. The van der Waals surface area contributed by atoms with Gasteiger partial charge >= 0.3 is 0 Å². The maximum absolute atomic E-state index is 8.88. The Labute approximate surface area is 110 Å². The van der Waals surface area contributed by atoms with Gasteiger partial charge in [-0.1, -0.05) is 26.7 Å². The van der Waals surface area contributed by atoms with Gasteiger partial charge in [-0.15, -0.1) is 0 Å². The van der Waals surface area contributed by atoms with Crippen LogP contribution in [0.1, 0.15) is 44.2 Å². The summed E-state index contributed by atoms with van der Waals surface area (Å²) in [5.41, 5.74) is 3.09. The Hall–Kier alpha value is -1.49. The summed E-state index contributed by atoms with van der Waals surface area (Å²) in [6.45, 7) is 6.77. The summed E-state index contributed by atoms with van der Waals surface area (Å²) in [6.07, 6.45) is 3.93. The minimum atomic E-state index is 0.570. The lowest BCUT2D eigenvalue weighted by molar-refractivity contribution is 0.253. The third-order valence-electron chi connectivity index (χ3n) is 4.40. The van der Waals surface area contributed by atoms with Crippen molar-refractivity contribution in [2.24, 2.45) is 11.8 Å². The van der Waals surface area contributed by atoms with E-state index < -0.39 is 0 Å². The van der Waals surface area contributed by atoms with Crippen molar-refractivity contribution in [3.63, 3.8) is 0 Å². The summed E-state index contributed by atoms with van der Waals surface area (Å²) in [4.78, 5) is 0. The normalized spacial score (nSPS) is 27.6. The van der Waals surface area contributed by atoms with Gasteiger partial charge in [0.2, 0.25) is 0 Å². The van der Waals surface area contributed by atoms with Crippen molar-refractivity contribution < 1.29 is 0 Å². The standard InChI is InChI=1S/C16H22N2/c1-11-5-4-6-16(13(11)3)18-15-8-7-14(10-17)9-12(15)2/h7-9,11,13,16,18H,4-6H2,1-3H3. The molecule has 2 rings (SSSR count). The highest BCUT2D eigenvalue weighted by molar-refractivity contribution is 5.54. The van der Waals surface area contributed by atoms with Crippen molar-refractivity contribution in [1.82, 2.24) is 0 Å². The van der Waals surface area contributed by atoms with Crippen LogP contribution in [0.3, 0.4) is 0 Å². The van der Waals surface area contributed by atoms with Crippen LogP contribution in [0.15, 0.2) is 18.2 Å². The summed E-state index contributed by atoms with van der Waals surface area (Å²) in [5.74, 6) is 1.52. The molecule has 1 N–H and O–H groups in total. The third-order valence-corrected chi connectivity index (χ3v) is 4.40. The van der Waals surface area contributed by atoms with Gasteiger partial charge in [-0.2, -0.15) is 5.26 Å². The molecule has 1 aliphatic rings. The van der Waals surface area contributed by atoms with Gasteiger partial charge in [0.25, 0.3) is 0 Å². The van der Waals surface area contributed by atoms with Gasteiger partial charge in [0, 0.05) is 11.7 Å². The van der Waals surface area contributed by atoms with Crippen LogP contribution in [-0.4, -0.2) is 6.04 Å². The molecule has 0 bridgehead atoms. The van der Waals surface area contributed by atoms with Crippen molar-refractivity contribution in [3.8, 4) is 6.07 Å². The summed E-state index contributed by atoms with van der Waals surface area (Å²) in [5, 5.41) is 12.6. The molecule has 0 aromatic heterocycles. The number of anilines is 1. The van der Waals surface area contributed by atoms with Crippen LogP contribution in [0.25, 0.3) is 0 Å². The number of benzene rings is 1. The summed E-state index contributed by atoms with van der Waals surface area (Å²) < 4.78 is 0. The van der Waals surface area contributed by atoms with Gasteiger partial charge in [-0.3, -0.25) is 0 Å². The van der Waals surface area contributed by atoms with E-state index >= 15 is 0 Å². The van der Waals surface area contributed by atoms with E-state index in [9.17, 15) is 0 Å². The lowest BCUT2D eigenvalue weighted by Gasteiger charge is -2.35. The zero-order chi connectivity index (χ0) is 13.1. The summed E-state index contributed by atoms with van der Waals surface area (Å²) >= 11 is 0. The first kappa shape index (κ1) is 13.0. The first-order valence-corrected chi connectivity index (χ1v) is 6.89. The Morgan fingerprint density at radius 1 is 1.28 bits per heavy atom. The quantitative estimate of drug-likeness (QED) is 0.847. The fourth-order valence-corrected chi connectivity index (χ4v) is 2.88. The Balaban J connectivity index is 2.12. The van der Waals surface area contributed by atoms with Crippen LogP contribution >= 0.6 is 0 Å². The van der Waals surface area contributed by atoms with Crippen molar-refractivity contribution >= 4 is 5.69 Å². The largest absolute Gasteiger partial charge is 0.382 e. The Morgan fingerprint density at radius 2 is 2.06 bits per heavy atom. The second-order valence-corrected chi connectivity index (χ2v) is 5.66. The smallest absolute Gasteiger partial charge is 0.0991 e. The molecule has 0 radical (unpaired) electrons. The molecule has 1 saturated carbocycles. The number of nitriles is 1.